The molecule has 1 aliphatic heterocycles. The Bertz CT molecular complexity index is 554. The highest BCUT2D eigenvalue weighted by Gasteiger charge is 2.18. The molecule has 0 aromatic heterocycles. The molecule has 0 amide bonds. The Kier molecular flexibility index (Phi) is 5.25. The van der Waals surface area contributed by atoms with Crippen LogP contribution in [0.25, 0.3) is 11.1 Å². The van der Waals surface area contributed by atoms with Crippen LogP contribution < -0.4 is 5.32 Å². The van der Waals surface area contributed by atoms with Gasteiger partial charge in [0.15, 0.2) is 0 Å². The van der Waals surface area contributed by atoms with Gasteiger partial charge in [0.05, 0.1) is 0 Å². The molecule has 2 aromatic carbocycles. The number of likely N-dealkylation sites (tertiary alicyclic amines) is 1. The van der Waals surface area contributed by atoms with Crippen LogP contribution in [0.2, 0.25) is 0 Å². The van der Waals surface area contributed by atoms with Crippen molar-refractivity contribution in [2.24, 2.45) is 5.92 Å². The third-order valence-electron chi connectivity index (χ3n) is 4.67. The van der Waals surface area contributed by atoms with Crippen LogP contribution in [-0.4, -0.2) is 31.6 Å². The standard InChI is InChI=1S/C20H26N2/c1-21-15-17-11-13-22(14-12-17)16-18-7-9-20(10-8-18)19-5-3-2-4-6-19/h2-10,17,21H,11-16H2,1H3. The van der Waals surface area contributed by atoms with E-state index in [4.69, 9.17) is 0 Å². The SMILES string of the molecule is CNCC1CCN(Cc2ccc(-c3ccccc3)cc2)CC1. The van der Waals surface area contributed by atoms with Gasteiger partial charge in [-0.05, 0) is 62.1 Å². The van der Waals surface area contributed by atoms with Crippen LogP contribution in [0.3, 0.4) is 0 Å². The average Bonchev–Trinajstić information content (AvgIpc) is 2.58. The molecule has 1 saturated heterocycles. The van der Waals surface area contributed by atoms with Gasteiger partial charge >= 0.3 is 0 Å². The van der Waals surface area contributed by atoms with Crippen molar-refractivity contribution >= 4 is 0 Å². The highest BCUT2D eigenvalue weighted by atomic mass is 15.1. The van der Waals surface area contributed by atoms with E-state index in [1.807, 2.05) is 0 Å². The molecule has 0 unspecified atom stereocenters. The molecule has 0 atom stereocenters. The smallest absolute Gasteiger partial charge is 0.0233 e. The molecule has 0 radical (unpaired) electrons. The Morgan fingerprint density at radius 1 is 0.909 bits per heavy atom. The Morgan fingerprint density at radius 3 is 2.18 bits per heavy atom. The van der Waals surface area contributed by atoms with Crippen LogP contribution in [-0.2, 0) is 6.54 Å². The monoisotopic (exact) mass is 294 g/mol. The number of piperidine rings is 1. The lowest BCUT2D eigenvalue weighted by atomic mass is 9.96. The maximum atomic E-state index is 3.31. The lowest BCUT2D eigenvalue weighted by Gasteiger charge is -2.31. The highest BCUT2D eigenvalue weighted by molar-refractivity contribution is 5.63. The third-order valence-corrected chi connectivity index (χ3v) is 4.67. The minimum atomic E-state index is 0.863. The van der Waals surface area contributed by atoms with E-state index in [0.29, 0.717) is 0 Å². The summed E-state index contributed by atoms with van der Waals surface area (Å²) in [7, 11) is 2.06. The van der Waals surface area contributed by atoms with Gasteiger partial charge in [0.25, 0.3) is 0 Å². The molecule has 0 bridgehead atoms. The predicted molar refractivity (Wildman–Crippen MR) is 93.8 cm³/mol. The van der Waals surface area contributed by atoms with Crippen molar-refractivity contribution in [3.8, 4) is 11.1 Å². The zero-order chi connectivity index (χ0) is 15.2. The summed E-state index contributed by atoms with van der Waals surface area (Å²) in [5.41, 5.74) is 4.02. The molecule has 22 heavy (non-hydrogen) atoms. The summed E-state index contributed by atoms with van der Waals surface area (Å²) in [6.45, 7) is 4.71. The van der Waals surface area contributed by atoms with Gasteiger partial charge in [-0.1, -0.05) is 54.6 Å². The van der Waals surface area contributed by atoms with Crippen molar-refractivity contribution in [1.82, 2.24) is 10.2 Å². The molecule has 0 spiro atoms. The van der Waals surface area contributed by atoms with Crippen molar-refractivity contribution in [2.45, 2.75) is 19.4 Å². The van der Waals surface area contributed by atoms with Gasteiger partial charge < -0.3 is 5.32 Å². The van der Waals surface area contributed by atoms with Crippen molar-refractivity contribution in [3.63, 3.8) is 0 Å². The second-order valence-corrected chi connectivity index (χ2v) is 6.34. The Hall–Kier alpha value is -1.64. The molecule has 2 nitrogen and oxygen atoms in total. The maximum absolute atomic E-state index is 3.31. The predicted octanol–water partition coefficient (Wildman–Crippen LogP) is 3.79. The van der Waals surface area contributed by atoms with Crippen LogP contribution >= 0.6 is 0 Å². The first kappa shape index (κ1) is 15.3. The normalized spacial score (nSPS) is 16.8. The lowest BCUT2D eigenvalue weighted by Crippen LogP contribution is -2.36. The van der Waals surface area contributed by atoms with Crippen LogP contribution in [0.1, 0.15) is 18.4 Å². The van der Waals surface area contributed by atoms with Crippen LogP contribution in [0, 0.1) is 5.92 Å². The Morgan fingerprint density at radius 2 is 1.55 bits per heavy atom. The fourth-order valence-corrected chi connectivity index (χ4v) is 3.33. The van der Waals surface area contributed by atoms with E-state index < -0.39 is 0 Å². The molecule has 1 fully saturated rings. The van der Waals surface area contributed by atoms with E-state index in [1.54, 1.807) is 0 Å². The lowest BCUT2D eigenvalue weighted by molar-refractivity contribution is 0.177. The van der Waals surface area contributed by atoms with Crippen LogP contribution in [0.5, 0.6) is 0 Å². The van der Waals surface area contributed by atoms with Crippen LogP contribution in [0.4, 0.5) is 0 Å². The number of hydrogen-bond acceptors (Lipinski definition) is 2. The van der Waals surface area contributed by atoms with Crippen molar-refractivity contribution in [3.05, 3.63) is 60.2 Å². The first-order chi connectivity index (χ1) is 10.8. The molecule has 1 aliphatic rings. The Labute approximate surface area is 134 Å². The first-order valence-electron chi connectivity index (χ1n) is 8.36. The molecule has 1 heterocycles. The van der Waals surface area contributed by atoms with Crippen molar-refractivity contribution in [1.29, 1.82) is 0 Å². The molecule has 0 aliphatic carbocycles. The third kappa shape index (κ3) is 3.96. The van der Waals surface area contributed by atoms with Crippen molar-refractivity contribution < 1.29 is 0 Å². The number of nitrogens with one attached hydrogen (secondary N) is 1. The summed E-state index contributed by atoms with van der Waals surface area (Å²) >= 11 is 0. The number of hydrogen-bond donors (Lipinski definition) is 1. The van der Waals surface area contributed by atoms with E-state index in [-0.39, 0.29) is 0 Å². The first-order valence-corrected chi connectivity index (χ1v) is 8.36. The van der Waals surface area contributed by atoms with E-state index in [0.717, 1.165) is 12.5 Å². The quantitative estimate of drug-likeness (QED) is 0.902. The molecule has 2 heteroatoms. The fraction of sp³-hybridized carbons (Fsp3) is 0.400. The van der Waals surface area contributed by atoms with Gasteiger partial charge in [-0.3, -0.25) is 4.90 Å². The van der Waals surface area contributed by atoms with E-state index in [9.17, 15) is 0 Å². The average molecular weight is 294 g/mol. The summed E-state index contributed by atoms with van der Waals surface area (Å²) in [4.78, 5) is 2.59. The van der Waals surface area contributed by atoms with E-state index >= 15 is 0 Å². The zero-order valence-corrected chi connectivity index (χ0v) is 13.5. The largest absolute Gasteiger partial charge is 0.319 e. The second-order valence-electron chi connectivity index (χ2n) is 6.34. The van der Waals surface area contributed by atoms with Crippen LogP contribution in [0.15, 0.2) is 54.6 Å². The molecular formula is C20H26N2. The minimum absolute atomic E-state index is 0.863. The van der Waals surface area contributed by atoms with Gasteiger partial charge in [-0.2, -0.15) is 0 Å². The topological polar surface area (TPSA) is 15.3 Å². The number of rotatable bonds is 5. The van der Waals surface area contributed by atoms with Gasteiger partial charge in [0.1, 0.15) is 0 Å². The molecule has 116 valence electrons. The Balaban J connectivity index is 1.56. The van der Waals surface area contributed by atoms with E-state index in [1.165, 1.54) is 49.2 Å². The van der Waals surface area contributed by atoms with Gasteiger partial charge in [0.2, 0.25) is 0 Å². The van der Waals surface area contributed by atoms with Gasteiger partial charge in [-0.25, -0.2) is 0 Å². The molecule has 0 saturated carbocycles. The summed E-state index contributed by atoms with van der Waals surface area (Å²) in [6, 6.07) is 19.6. The zero-order valence-electron chi connectivity index (χ0n) is 13.5. The summed E-state index contributed by atoms with van der Waals surface area (Å²) in [5.74, 6) is 0.863. The molecular weight excluding hydrogens is 268 g/mol. The van der Waals surface area contributed by atoms with Gasteiger partial charge in [-0.15, -0.1) is 0 Å². The fourth-order valence-electron chi connectivity index (χ4n) is 3.33. The molecule has 1 N–H and O–H groups in total. The van der Waals surface area contributed by atoms with Crippen molar-refractivity contribution in [2.75, 3.05) is 26.7 Å². The molecule has 2 aromatic rings. The van der Waals surface area contributed by atoms with E-state index in [2.05, 4.69) is 71.9 Å². The highest BCUT2D eigenvalue weighted by Crippen LogP contribution is 2.21. The van der Waals surface area contributed by atoms with Gasteiger partial charge in [0, 0.05) is 6.54 Å². The molecule has 3 rings (SSSR count). The number of benzene rings is 2. The summed E-state index contributed by atoms with van der Waals surface area (Å²) < 4.78 is 0. The summed E-state index contributed by atoms with van der Waals surface area (Å²) in [5, 5.41) is 3.31. The summed E-state index contributed by atoms with van der Waals surface area (Å²) in [6.07, 6.45) is 2.64. The maximum Gasteiger partial charge on any atom is 0.0233 e. The second kappa shape index (κ2) is 7.57. The minimum Gasteiger partial charge on any atom is -0.319 e. The number of nitrogens with zero attached hydrogens (tertiary/aromatic N) is 1.